The maximum atomic E-state index is 13.5. The molecule has 0 aliphatic heterocycles. The lowest BCUT2D eigenvalue weighted by atomic mass is 10.0. The second-order valence-corrected chi connectivity index (χ2v) is 8.15. The van der Waals surface area contributed by atoms with Crippen molar-refractivity contribution in [2.45, 2.75) is 19.8 Å². The summed E-state index contributed by atoms with van der Waals surface area (Å²) in [5.74, 6) is 0.279. The number of aromatic nitrogens is 4. The Morgan fingerprint density at radius 1 is 0.971 bits per heavy atom. The lowest BCUT2D eigenvalue weighted by Crippen LogP contribution is -2.13. The van der Waals surface area contributed by atoms with Gasteiger partial charge in [-0.2, -0.15) is 0 Å². The van der Waals surface area contributed by atoms with Crippen LogP contribution in [0.3, 0.4) is 0 Å². The van der Waals surface area contributed by atoms with E-state index in [9.17, 15) is 9.18 Å². The first-order valence-corrected chi connectivity index (χ1v) is 10.8. The number of benzene rings is 1. The molecule has 8 heteroatoms. The summed E-state index contributed by atoms with van der Waals surface area (Å²) in [4.78, 5) is 33.0. The molecular formula is C26H25FN6O. The highest BCUT2D eigenvalue weighted by atomic mass is 19.1. The number of hydrogen-bond donors (Lipinski definition) is 1. The third-order valence-electron chi connectivity index (χ3n) is 5.33. The molecule has 4 rings (SSSR count). The van der Waals surface area contributed by atoms with Gasteiger partial charge in [0.1, 0.15) is 17.3 Å². The molecule has 0 fully saturated rings. The fourth-order valence-corrected chi connectivity index (χ4v) is 3.57. The Morgan fingerprint density at radius 2 is 1.71 bits per heavy atom. The molecule has 0 amide bonds. The van der Waals surface area contributed by atoms with Crippen LogP contribution in [0.5, 0.6) is 0 Å². The number of carbonyl (C=O) groups excluding carboxylic acids is 1. The zero-order valence-corrected chi connectivity index (χ0v) is 19.3. The number of halogens is 1. The van der Waals surface area contributed by atoms with Crippen LogP contribution in [-0.4, -0.2) is 39.8 Å². The Labute approximate surface area is 197 Å². The number of anilines is 2. The molecule has 2 N–H and O–H groups in total. The van der Waals surface area contributed by atoms with E-state index in [-0.39, 0.29) is 29.5 Å². The van der Waals surface area contributed by atoms with Crippen LogP contribution in [0.1, 0.15) is 28.3 Å². The molecule has 0 spiro atoms. The maximum absolute atomic E-state index is 13.5. The van der Waals surface area contributed by atoms with Crippen molar-refractivity contribution in [3.63, 3.8) is 0 Å². The summed E-state index contributed by atoms with van der Waals surface area (Å²) in [5.41, 5.74) is 10.3. The Hall–Kier alpha value is -4.20. The highest BCUT2D eigenvalue weighted by molar-refractivity contribution is 5.99. The SMILES string of the molecule is Cc1cc(-c2nc(C(=O)CCc3cccc(N(C)C)n3)c(N)nc2-c2ccc(F)cc2)ccn1. The summed E-state index contributed by atoms with van der Waals surface area (Å²) in [6.07, 6.45) is 2.31. The standard InChI is InChI=1S/C26H25FN6O/c1-16-15-18(13-14-29-16)24-23(17-7-9-19(27)10-8-17)32-26(28)25(31-24)21(34)12-11-20-5-4-6-22(30-20)33(2)3/h4-10,13-15H,11-12H2,1-3H3,(H2,28,32). The molecule has 4 aromatic rings. The molecule has 0 unspecified atom stereocenters. The molecule has 3 aromatic heterocycles. The Kier molecular flexibility index (Phi) is 6.58. The molecule has 0 saturated heterocycles. The van der Waals surface area contributed by atoms with Gasteiger partial charge in [0.2, 0.25) is 0 Å². The molecule has 0 saturated carbocycles. The monoisotopic (exact) mass is 456 g/mol. The van der Waals surface area contributed by atoms with Gasteiger partial charge in [0, 0.05) is 49.2 Å². The van der Waals surface area contributed by atoms with E-state index in [2.05, 4.69) is 19.9 Å². The van der Waals surface area contributed by atoms with E-state index in [1.54, 1.807) is 24.4 Å². The van der Waals surface area contributed by atoms with Crippen LogP contribution in [0.4, 0.5) is 16.0 Å². The number of nitrogens with two attached hydrogens (primary N) is 1. The topological polar surface area (TPSA) is 97.9 Å². The van der Waals surface area contributed by atoms with Crippen LogP contribution in [0.2, 0.25) is 0 Å². The zero-order chi connectivity index (χ0) is 24.2. The lowest BCUT2D eigenvalue weighted by Gasteiger charge is -2.14. The van der Waals surface area contributed by atoms with Crippen LogP contribution < -0.4 is 10.6 Å². The minimum absolute atomic E-state index is 0.0360. The maximum Gasteiger partial charge on any atom is 0.185 e. The molecule has 0 atom stereocenters. The number of carbonyl (C=O) groups is 1. The summed E-state index contributed by atoms with van der Waals surface area (Å²) in [6.45, 7) is 1.87. The molecule has 0 radical (unpaired) electrons. The van der Waals surface area contributed by atoms with Gasteiger partial charge in [0.05, 0.1) is 11.4 Å². The van der Waals surface area contributed by atoms with Crippen molar-refractivity contribution in [1.82, 2.24) is 19.9 Å². The van der Waals surface area contributed by atoms with Gasteiger partial charge in [-0.05, 0) is 61.9 Å². The zero-order valence-electron chi connectivity index (χ0n) is 19.3. The Morgan fingerprint density at radius 3 is 2.41 bits per heavy atom. The highest BCUT2D eigenvalue weighted by Crippen LogP contribution is 2.31. The van der Waals surface area contributed by atoms with Crippen molar-refractivity contribution in [2.75, 3.05) is 24.7 Å². The minimum Gasteiger partial charge on any atom is -0.382 e. The fraction of sp³-hybridized carbons (Fsp3) is 0.192. The quantitative estimate of drug-likeness (QED) is 0.409. The highest BCUT2D eigenvalue weighted by Gasteiger charge is 2.20. The third-order valence-corrected chi connectivity index (χ3v) is 5.33. The van der Waals surface area contributed by atoms with Crippen molar-refractivity contribution < 1.29 is 9.18 Å². The molecule has 0 bridgehead atoms. The van der Waals surface area contributed by atoms with Crippen molar-refractivity contribution in [1.29, 1.82) is 0 Å². The number of nitrogens with zero attached hydrogens (tertiary/aromatic N) is 5. The van der Waals surface area contributed by atoms with Gasteiger partial charge in [0.15, 0.2) is 11.6 Å². The molecule has 3 heterocycles. The molecule has 34 heavy (non-hydrogen) atoms. The van der Waals surface area contributed by atoms with Crippen molar-refractivity contribution in [2.24, 2.45) is 0 Å². The van der Waals surface area contributed by atoms with E-state index in [0.717, 1.165) is 22.8 Å². The van der Waals surface area contributed by atoms with Gasteiger partial charge in [-0.25, -0.2) is 19.3 Å². The van der Waals surface area contributed by atoms with Crippen molar-refractivity contribution in [3.8, 4) is 22.5 Å². The van der Waals surface area contributed by atoms with Crippen molar-refractivity contribution >= 4 is 17.4 Å². The molecule has 0 aliphatic carbocycles. The number of rotatable bonds is 7. The lowest BCUT2D eigenvalue weighted by molar-refractivity contribution is 0.0978. The normalized spacial score (nSPS) is 10.8. The molecular weight excluding hydrogens is 431 g/mol. The fourth-order valence-electron chi connectivity index (χ4n) is 3.57. The first kappa shape index (κ1) is 23.0. The van der Waals surface area contributed by atoms with E-state index in [1.165, 1.54) is 12.1 Å². The van der Waals surface area contributed by atoms with Gasteiger partial charge in [-0.15, -0.1) is 0 Å². The number of ketones is 1. The van der Waals surface area contributed by atoms with Gasteiger partial charge in [-0.1, -0.05) is 6.07 Å². The molecule has 1 aromatic carbocycles. The average molecular weight is 457 g/mol. The smallest absolute Gasteiger partial charge is 0.185 e. The van der Waals surface area contributed by atoms with E-state index < -0.39 is 0 Å². The summed E-state index contributed by atoms with van der Waals surface area (Å²) < 4.78 is 13.5. The number of nitrogen functional groups attached to an aromatic ring is 1. The predicted molar refractivity (Wildman–Crippen MR) is 131 cm³/mol. The van der Waals surface area contributed by atoms with Gasteiger partial charge in [-0.3, -0.25) is 9.78 Å². The van der Waals surface area contributed by atoms with E-state index >= 15 is 0 Å². The van der Waals surface area contributed by atoms with E-state index in [4.69, 9.17) is 5.73 Å². The summed E-state index contributed by atoms with van der Waals surface area (Å²) >= 11 is 0. The molecule has 7 nitrogen and oxygen atoms in total. The summed E-state index contributed by atoms with van der Waals surface area (Å²) in [5, 5.41) is 0. The Bertz CT molecular complexity index is 1340. The third kappa shape index (κ3) is 5.06. The van der Waals surface area contributed by atoms with Crippen LogP contribution in [0.25, 0.3) is 22.5 Å². The number of hydrogen-bond acceptors (Lipinski definition) is 7. The number of pyridine rings is 2. The Balaban J connectivity index is 1.70. The van der Waals surface area contributed by atoms with E-state index in [1.807, 2.05) is 50.2 Å². The van der Waals surface area contributed by atoms with E-state index in [0.29, 0.717) is 23.4 Å². The van der Waals surface area contributed by atoms with Crippen LogP contribution in [-0.2, 0) is 6.42 Å². The van der Waals surface area contributed by atoms with Gasteiger partial charge in [0.25, 0.3) is 0 Å². The first-order valence-electron chi connectivity index (χ1n) is 10.8. The minimum atomic E-state index is -0.357. The number of Topliss-reactive ketones (excluding diaryl/α,β-unsaturated/α-hetero) is 1. The summed E-state index contributed by atoms with van der Waals surface area (Å²) in [6, 6.07) is 15.3. The average Bonchev–Trinajstić information content (AvgIpc) is 2.83. The second-order valence-electron chi connectivity index (χ2n) is 8.15. The van der Waals surface area contributed by atoms with Gasteiger partial charge < -0.3 is 10.6 Å². The van der Waals surface area contributed by atoms with Gasteiger partial charge >= 0.3 is 0 Å². The largest absolute Gasteiger partial charge is 0.382 e. The molecule has 172 valence electrons. The van der Waals surface area contributed by atoms with Crippen LogP contribution >= 0.6 is 0 Å². The van der Waals surface area contributed by atoms with Crippen molar-refractivity contribution in [3.05, 3.63) is 83.7 Å². The van der Waals surface area contributed by atoms with Crippen LogP contribution in [0.15, 0.2) is 60.8 Å². The predicted octanol–water partition coefficient (Wildman–Crippen LogP) is 4.51. The molecule has 0 aliphatic rings. The number of aryl methyl sites for hydroxylation is 2. The second kappa shape index (κ2) is 9.74. The first-order chi connectivity index (χ1) is 16.3. The summed E-state index contributed by atoms with van der Waals surface area (Å²) in [7, 11) is 3.83. The van der Waals surface area contributed by atoms with Crippen LogP contribution in [0, 0.1) is 12.7 Å².